The Balaban J connectivity index is 1.70. The maximum atomic E-state index is 11.9. The van der Waals surface area contributed by atoms with Crippen LogP contribution in [-0.4, -0.2) is 24.3 Å². The topological polar surface area (TPSA) is 96.5 Å². The molecule has 0 bridgehead atoms. The Morgan fingerprint density at radius 3 is 2.24 bits per heavy atom. The number of benzene rings is 2. The van der Waals surface area contributed by atoms with E-state index in [1.165, 1.54) is 6.07 Å². The van der Waals surface area contributed by atoms with Crippen LogP contribution in [0.25, 0.3) is 0 Å². The third kappa shape index (κ3) is 7.74. The van der Waals surface area contributed by atoms with Crippen LogP contribution < -0.4 is 20.9 Å². The van der Waals surface area contributed by atoms with Crippen LogP contribution in [0.15, 0.2) is 40.9 Å². The molecule has 2 aromatic carbocycles. The van der Waals surface area contributed by atoms with Crippen molar-refractivity contribution in [2.75, 3.05) is 11.9 Å². The van der Waals surface area contributed by atoms with Gasteiger partial charge in [-0.05, 0) is 40.2 Å². The van der Waals surface area contributed by atoms with Crippen LogP contribution >= 0.6 is 50.7 Å². The maximum Gasteiger partial charge on any atom is 0.276 e. The fourth-order valence-corrected chi connectivity index (χ4v) is 3.60. The Morgan fingerprint density at radius 1 is 0.897 bits per heavy atom. The molecule has 3 amide bonds. The van der Waals surface area contributed by atoms with Gasteiger partial charge in [0.1, 0.15) is 0 Å². The molecule has 11 heteroatoms. The highest BCUT2D eigenvalue weighted by molar-refractivity contribution is 9.10. The lowest BCUT2D eigenvalue weighted by molar-refractivity contribution is -0.130. The highest BCUT2D eigenvalue weighted by Gasteiger charge is 2.13. The maximum absolute atomic E-state index is 11.9. The molecule has 0 radical (unpaired) electrons. The lowest BCUT2D eigenvalue weighted by Crippen LogP contribution is -2.44. The molecule has 0 aliphatic heterocycles. The van der Waals surface area contributed by atoms with Crippen molar-refractivity contribution >= 4 is 74.1 Å². The van der Waals surface area contributed by atoms with Crippen LogP contribution in [0.2, 0.25) is 15.1 Å². The third-order valence-corrected chi connectivity index (χ3v) is 4.80. The molecule has 0 aliphatic carbocycles. The highest BCUT2D eigenvalue weighted by Crippen LogP contribution is 2.35. The van der Waals surface area contributed by atoms with Crippen molar-refractivity contribution in [2.24, 2.45) is 0 Å². The average molecular weight is 524 g/mol. The minimum atomic E-state index is -0.614. The number of carbonyl (C=O) groups is 3. The molecule has 0 spiro atoms. The molecule has 0 aromatic heterocycles. The average Bonchev–Trinajstić information content (AvgIpc) is 2.65. The molecule has 0 fully saturated rings. The van der Waals surface area contributed by atoms with Gasteiger partial charge in [-0.15, -0.1) is 0 Å². The summed E-state index contributed by atoms with van der Waals surface area (Å²) >= 11 is 21.0. The molecule has 3 N–H and O–H groups in total. The quantitative estimate of drug-likeness (QED) is 0.470. The van der Waals surface area contributed by atoms with Crippen molar-refractivity contribution in [2.45, 2.75) is 12.8 Å². The molecule has 29 heavy (non-hydrogen) atoms. The van der Waals surface area contributed by atoms with Gasteiger partial charge in [-0.3, -0.25) is 25.2 Å². The van der Waals surface area contributed by atoms with Crippen molar-refractivity contribution < 1.29 is 19.1 Å². The summed E-state index contributed by atoms with van der Waals surface area (Å²) in [4.78, 5) is 35.4. The van der Waals surface area contributed by atoms with Crippen molar-refractivity contribution in [3.63, 3.8) is 0 Å². The molecule has 2 rings (SSSR count). The molecule has 0 atom stereocenters. The Labute approximate surface area is 190 Å². The SMILES string of the molecule is O=C(CCC(=O)Nc1ccccc1Cl)NNC(=O)COc1c(Cl)cc(Cl)cc1Br. The Bertz CT molecular complexity index is 904. The van der Waals surface area contributed by atoms with Crippen molar-refractivity contribution in [1.82, 2.24) is 10.9 Å². The number of rotatable bonds is 7. The van der Waals surface area contributed by atoms with Gasteiger partial charge in [0.15, 0.2) is 12.4 Å². The summed E-state index contributed by atoms with van der Waals surface area (Å²) in [6, 6.07) is 9.77. The standard InChI is InChI=1S/C18H15BrCl3N3O4/c19-11-7-10(20)8-13(22)18(11)29-9-17(28)25-24-16(27)6-5-15(26)23-14-4-2-1-3-12(14)21/h1-4,7-8H,5-6,9H2,(H,23,26)(H,24,27)(H,25,28). The van der Waals surface area contributed by atoms with E-state index >= 15 is 0 Å². The van der Waals surface area contributed by atoms with Gasteiger partial charge in [0, 0.05) is 17.9 Å². The fraction of sp³-hybridized carbons (Fsp3) is 0.167. The normalized spacial score (nSPS) is 10.2. The van der Waals surface area contributed by atoms with Gasteiger partial charge in [0.2, 0.25) is 11.8 Å². The lowest BCUT2D eigenvalue weighted by atomic mass is 10.2. The first kappa shape index (κ1) is 23.3. The smallest absolute Gasteiger partial charge is 0.276 e. The molecular weight excluding hydrogens is 508 g/mol. The van der Waals surface area contributed by atoms with Crippen LogP contribution in [0.1, 0.15) is 12.8 Å². The summed E-state index contributed by atoms with van der Waals surface area (Å²) in [6.45, 7) is -0.396. The number of amides is 3. The van der Waals surface area contributed by atoms with Gasteiger partial charge >= 0.3 is 0 Å². The first-order valence-corrected chi connectivity index (χ1v) is 10.1. The summed E-state index contributed by atoms with van der Waals surface area (Å²) in [7, 11) is 0. The molecule has 154 valence electrons. The second kappa shape index (κ2) is 11.3. The molecule has 0 saturated heterocycles. The van der Waals surface area contributed by atoms with Crippen molar-refractivity contribution in [3.05, 3.63) is 55.9 Å². The summed E-state index contributed by atoms with van der Waals surface area (Å²) in [6.07, 6.45) is -0.220. The van der Waals surface area contributed by atoms with Crippen molar-refractivity contribution in [1.29, 1.82) is 0 Å². The number of hydrazine groups is 1. The molecular formula is C18H15BrCl3N3O4. The number of ether oxygens (including phenoxy) is 1. The molecule has 2 aromatic rings. The fourth-order valence-electron chi connectivity index (χ4n) is 2.04. The first-order valence-electron chi connectivity index (χ1n) is 8.15. The van der Waals surface area contributed by atoms with Crippen LogP contribution in [0, 0.1) is 0 Å². The van der Waals surface area contributed by atoms with E-state index in [0.29, 0.717) is 20.2 Å². The molecule has 0 saturated carbocycles. The Kier molecular flexibility index (Phi) is 9.03. The zero-order valence-electron chi connectivity index (χ0n) is 14.7. The number of anilines is 1. The van der Waals surface area contributed by atoms with E-state index in [1.807, 2.05) is 0 Å². The number of hydrogen-bond donors (Lipinski definition) is 3. The number of nitrogens with one attached hydrogen (secondary N) is 3. The van der Waals surface area contributed by atoms with E-state index in [4.69, 9.17) is 39.5 Å². The zero-order valence-corrected chi connectivity index (χ0v) is 18.6. The van der Waals surface area contributed by atoms with E-state index in [0.717, 1.165) is 0 Å². The second-order valence-electron chi connectivity index (χ2n) is 5.61. The zero-order chi connectivity index (χ0) is 21.4. The van der Waals surface area contributed by atoms with E-state index in [2.05, 4.69) is 32.1 Å². The molecule has 0 heterocycles. The van der Waals surface area contributed by atoms with Gasteiger partial charge in [-0.2, -0.15) is 0 Å². The summed E-state index contributed by atoms with van der Waals surface area (Å²) in [5, 5.41) is 3.63. The van der Waals surface area contributed by atoms with Crippen LogP contribution in [0.3, 0.4) is 0 Å². The van der Waals surface area contributed by atoms with Crippen LogP contribution in [-0.2, 0) is 14.4 Å². The van der Waals surface area contributed by atoms with E-state index in [1.54, 1.807) is 30.3 Å². The Morgan fingerprint density at radius 2 is 1.55 bits per heavy atom. The van der Waals surface area contributed by atoms with Gasteiger partial charge in [-0.1, -0.05) is 46.9 Å². The van der Waals surface area contributed by atoms with Crippen LogP contribution in [0.4, 0.5) is 5.69 Å². The predicted molar refractivity (Wildman–Crippen MR) is 115 cm³/mol. The van der Waals surface area contributed by atoms with Crippen molar-refractivity contribution in [3.8, 4) is 5.75 Å². The minimum absolute atomic E-state index is 0.0866. The number of halogens is 4. The van der Waals surface area contributed by atoms with Gasteiger partial charge < -0.3 is 10.1 Å². The van der Waals surface area contributed by atoms with Gasteiger partial charge in [0.25, 0.3) is 5.91 Å². The third-order valence-electron chi connectivity index (χ3n) is 3.38. The second-order valence-corrected chi connectivity index (χ2v) is 7.72. The minimum Gasteiger partial charge on any atom is -0.481 e. The van der Waals surface area contributed by atoms with E-state index in [9.17, 15) is 14.4 Å². The van der Waals surface area contributed by atoms with E-state index < -0.39 is 18.4 Å². The largest absolute Gasteiger partial charge is 0.481 e. The van der Waals surface area contributed by atoms with Gasteiger partial charge in [0.05, 0.1) is 20.2 Å². The summed E-state index contributed by atoms with van der Waals surface area (Å²) in [5.74, 6) is -1.30. The summed E-state index contributed by atoms with van der Waals surface area (Å²) in [5.41, 5.74) is 4.84. The molecule has 0 unspecified atom stereocenters. The lowest BCUT2D eigenvalue weighted by Gasteiger charge is -2.11. The monoisotopic (exact) mass is 521 g/mol. The Hall–Kier alpha value is -2.00. The molecule has 7 nitrogen and oxygen atoms in total. The number of hydrogen-bond acceptors (Lipinski definition) is 4. The molecule has 0 aliphatic rings. The first-order chi connectivity index (χ1) is 13.8. The highest BCUT2D eigenvalue weighted by atomic mass is 79.9. The number of para-hydroxylation sites is 1. The van der Waals surface area contributed by atoms with Gasteiger partial charge in [-0.25, -0.2) is 0 Å². The number of carbonyl (C=O) groups excluding carboxylic acids is 3. The van der Waals surface area contributed by atoms with Crippen LogP contribution in [0.5, 0.6) is 5.75 Å². The predicted octanol–water partition coefficient (Wildman–Crippen LogP) is 4.35. The van der Waals surface area contributed by atoms with E-state index in [-0.39, 0.29) is 29.5 Å². The summed E-state index contributed by atoms with van der Waals surface area (Å²) < 4.78 is 5.80.